The maximum atomic E-state index is 5.01. The Bertz CT molecular complexity index is 586. The van der Waals surface area contributed by atoms with Crippen LogP contribution in [0.3, 0.4) is 0 Å². The van der Waals surface area contributed by atoms with E-state index in [1.165, 1.54) is 11.1 Å². The summed E-state index contributed by atoms with van der Waals surface area (Å²) in [6, 6.07) is 8.18. The van der Waals surface area contributed by atoms with Crippen molar-refractivity contribution in [1.82, 2.24) is 9.97 Å². The molecule has 1 aromatic carbocycles. The van der Waals surface area contributed by atoms with E-state index in [2.05, 4.69) is 52.6 Å². The van der Waals surface area contributed by atoms with Gasteiger partial charge in [0.05, 0.1) is 0 Å². The molecule has 0 saturated heterocycles. The van der Waals surface area contributed by atoms with Gasteiger partial charge in [0.25, 0.3) is 0 Å². The summed E-state index contributed by atoms with van der Waals surface area (Å²) in [5.74, 6) is 1.41. The van der Waals surface area contributed by atoms with Gasteiger partial charge < -0.3 is 15.4 Å². The van der Waals surface area contributed by atoms with E-state index in [1.807, 2.05) is 6.07 Å². The molecule has 1 aromatic heterocycles. The van der Waals surface area contributed by atoms with Gasteiger partial charge in [-0.2, -0.15) is 4.98 Å². The number of hydrogen-bond donors (Lipinski definition) is 2. The Morgan fingerprint density at radius 3 is 2.86 bits per heavy atom. The summed E-state index contributed by atoms with van der Waals surface area (Å²) in [6.45, 7) is 5.68. The Hall–Kier alpha value is -2.14. The van der Waals surface area contributed by atoms with Crippen molar-refractivity contribution >= 4 is 17.5 Å². The van der Waals surface area contributed by atoms with Crippen molar-refractivity contribution < 1.29 is 4.74 Å². The highest BCUT2D eigenvalue weighted by atomic mass is 16.5. The molecule has 0 amide bonds. The summed E-state index contributed by atoms with van der Waals surface area (Å²) in [7, 11) is 1.70. The predicted octanol–water partition coefficient (Wildman–Crippen LogP) is 3.29. The number of methoxy groups -OCH3 is 1. The third-order valence-electron chi connectivity index (χ3n) is 3.12. The van der Waals surface area contributed by atoms with Crippen LogP contribution < -0.4 is 10.6 Å². The summed E-state index contributed by atoms with van der Waals surface area (Å²) in [5, 5.41) is 6.53. The molecule has 1 heterocycles. The standard InChI is InChI=1S/C16H22N4O/c1-12-5-6-13(2)14(11-12)19-15-7-9-18-16(20-15)17-8-4-10-21-3/h5-7,9,11H,4,8,10H2,1-3H3,(H2,17,18,19,20). The van der Waals surface area contributed by atoms with Gasteiger partial charge in [-0.15, -0.1) is 0 Å². The van der Waals surface area contributed by atoms with Crippen molar-refractivity contribution in [2.45, 2.75) is 20.3 Å². The molecule has 0 radical (unpaired) electrons. The zero-order valence-corrected chi connectivity index (χ0v) is 12.8. The van der Waals surface area contributed by atoms with Crippen LogP contribution >= 0.6 is 0 Å². The lowest BCUT2D eigenvalue weighted by Gasteiger charge is -2.11. The lowest BCUT2D eigenvalue weighted by Crippen LogP contribution is -2.08. The fourth-order valence-electron chi connectivity index (χ4n) is 1.94. The van der Waals surface area contributed by atoms with Crippen molar-refractivity contribution in [3.8, 4) is 0 Å². The molecule has 0 spiro atoms. The summed E-state index contributed by atoms with van der Waals surface area (Å²) in [6.07, 6.45) is 2.67. The number of nitrogens with zero attached hydrogens (tertiary/aromatic N) is 2. The van der Waals surface area contributed by atoms with Crippen LogP contribution in [0.2, 0.25) is 0 Å². The number of nitrogens with one attached hydrogen (secondary N) is 2. The molecule has 5 nitrogen and oxygen atoms in total. The highest BCUT2D eigenvalue weighted by molar-refractivity contribution is 5.61. The second kappa shape index (κ2) is 7.59. The maximum absolute atomic E-state index is 5.01. The van der Waals surface area contributed by atoms with E-state index in [-0.39, 0.29) is 0 Å². The monoisotopic (exact) mass is 286 g/mol. The van der Waals surface area contributed by atoms with E-state index < -0.39 is 0 Å². The van der Waals surface area contributed by atoms with Crippen LogP contribution in [0.1, 0.15) is 17.5 Å². The van der Waals surface area contributed by atoms with E-state index in [0.717, 1.165) is 31.1 Å². The molecule has 0 aliphatic carbocycles. The van der Waals surface area contributed by atoms with Gasteiger partial charge >= 0.3 is 0 Å². The molecule has 0 fully saturated rings. The van der Waals surface area contributed by atoms with E-state index >= 15 is 0 Å². The number of aryl methyl sites for hydroxylation is 2. The highest BCUT2D eigenvalue weighted by Gasteiger charge is 2.02. The Kier molecular flexibility index (Phi) is 5.51. The maximum Gasteiger partial charge on any atom is 0.224 e. The number of hydrogen-bond acceptors (Lipinski definition) is 5. The van der Waals surface area contributed by atoms with Crippen molar-refractivity contribution in [2.24, 2.45) is 0 Å². The van der Waals surface area contributed by atoms with Crippen LogP contribution in [0.25, 0.3) is 0 Å². The first-order chi connectivity index (χ1) is 10.2. The molecule has 0 aliphatic heterocycles. The Morgan fingerprint density at radius 2 is 2.05 bits per heavy atom. The minimum Gasteiger partial charge on any atom is -0.385 e. The molecule has 5 heteroatoms. The largest absolute Gasteiger partial charge is 0.385 e. The van der Waals surface area contributed by atoms with E-state index in [9.17, 15) is 0 Å². The van der Waals surface area contributed by atoms with Crippen LogP contribution in [0.15, 0.2) is 30.5 Å². The van der Waals surface area contributed by atoms with E-state index in [1.54, 1.807) is 13.3 Å². The molecule has 0 bridgehead atoms. The summed E-state index contributed by atoms with van der Waals surface area (Å²) in [4.78, 5) is 8.68. The smallest absolute Gasteiger partial charge is 0.224 e. The van der Waals surface area contributed by atoms with Crippen LogP contribution in [0.4, 0.5) is 17.5 Å². The predicted molar refractivity (Wildman–Crippen MR) is 86.2 cm³/mol. The molecular weight excluding hydrogens is 264 g/mol. The molecule has 0 unspecified atom stereocenters. The lowest BCUT2D eigenvalue weighted by atomic mass is 10.1. The van der Waals surface area contributed by atoms with Gasteiger partial charge in [0, 0.05) is 32.1 Å². The number of ether oxygens (including phenoxy) is 1. The van der Waals surface area contributed by atoms with Gasteiger partial charge in [0.2, 0.25) is 5.95 Å². The average Bonchev–Trinajstić information content (AvgIpc) is 2.48. The van der Waals surface area contributed by atoms with Crippen LogP contribution in [0.5, 0.6) is 0 Å². The molecule has 2 aromatic rings. The fourth-order valence-corrected chi connectivity index (χ4v) is 1.94. The molecule has 0 aliphatic rings. The molecule has 21 heavy (non-hydrogen) atoms. The quantitative estimate of drug-likeness (QED) is 0.765. The highest BCUT2D eigenvalue weighted by Crippen LogP contribution is 2.20. The number of rotatable bonds is 7. The van der Waals surface area contributed by atoms with Gasteiger partial charge in [-0.1, -0.05) is 12.1 Å². The number of aromatic nitrogens is 2. The van der Waals surface area contributed by atoms with Crippen molar-refractivity contribution in [3.05, 3.63) is 41.6 Å². The van der Waals surface area contributed by atoms with Crippen LogP contribution in [0, 0.1) is 13.8 Å². The third-order valence-corrected chi connectivity index (χ3v) is 3.12. The van der Waals surface area contributed by atoms with Crippen molar-refractivity contribution in [3.63, 3.8) is 0 Å². The normalized spacial score (nSPS) is 10.4. The van der Waals surface area contributed by atoms with E-state index in [4.69, 9.17) is 4.74 Å². The van der Waals surface area contributed by atoms with Crippen molar-refractivity contribution in [2.75, 3.05) is 30.9 Å². The molecule has 2 rings (SSSR count). The first-order valence-electron chi connectivity index (χ1n) is 7.09. The van der Waals surface area contributed by atoms with Gasteiger partial charge in [-0.25, -0.2) is 4.98 Å². The van der Waals surface area contributed by atoms with E-state index in [0.29, 0.717) is 5.95 Å². The van der Waals surface area contributed by atoms with Crippen LogP contribution in [-0.2, 0) is 4.74 Å². The zero-order chi connectivity index (χ0) is 15.1. The van der Waals surface area contributed by atoms with Gasteiger partial charge in [0.1, 0.15) is 5.82 Å². The Labute approximate surface area is 125 Å². The average molecular weight is 286 g/mol. The van der Waals surface area contributed by atoms with Gasteiger partial charge in [-0.3, -0.25) is 0 Å². The summed E-state index contributed by atoms with van der Waals surface area (Å²) in [5.41, 5.74) is 3.47. The summed E-state index contributed by atoms with van der Waals surface area (Å²) < 4.78 is 5.01. The van der Waals surface area contributed by atoms with Gasteiger partial charge in [-0.05, 0) is 43.5 Å². The van der Waals surface area contributed by atoms with Crippen LogP contribution in [-0.4, -0.2) is 30.2 Å². The number of benzene rings is 1. The zero-order valence-electron chi connectivity index (χ0n) is 12.8. The first kappa shape index (κ1) is 15.3. The first-order valence-corrected chi connectivity index (χ1v) is 7.09. The lowest BCUT2D eigenvalue weighted by molar-refractivity contribution is 0.197. The molecule has 0 atom stereocenters. The van der Waals surface area contributed by atoms with Gasteiger partial charge in [0.15, 0.2) is 0 Å². The molecular formula is C16H22N4O. The minimum absolute atomic E-state index is 0.626. The van der Waals surface area contributed by atoms with Crippen molar-refractivity contribution in [1.29, 1.82) is 0 Å². The second-order valence-electron chi connectivity index (χ2n) is 4.98. The second-order valence-corrected chi connectivity index (χ2v) is 4.98. The third kappa shape index (κ3) is 4.72. The molecule has 2 N–H and O–H groups in total. The summed E-state index contributed by atoms with van der Waals surface area (Å²) >= 11 is 0. The minimum atomic E-state index is 0.626. The topological polar surface area (TPSA) is 59.1 Å². The Morgan fingerprint density at radius 1 is 1.19 bits per heavy atom. The molecule has 112 valence electrons. The molecule has 0 saturated carbocycles. The Balaban J connectivity index is 2.02. The SMILES string of the molecule is COCCCNc1nccc(Nc2cc(C)ccc2C)n1. The number of anilines is 3. The fraction of sp³-hybridized carbons (Fsp3) is 0.375.